The minimum absolute atomic E-state index is 0.00402. The summed E-state index contributed by atoms with van der Waals surface area (Å²) in [4.78, 5) is 46.1. The first kappa shape index (κ1) is 30.9. The number of amides is 3. The molecule has 0 spiro atoms. The largest absolute Gasteiger partial charge is 0.374 e. The average Bonchev–Trinajstić information content (AvgIpc) is 3.44. The van der Waals surface area contributed by atoms with E-state index in [1.807, 2.05) is 65.6 Å². The third-order valence-corrected chi connectivity index (χ3v) is 7.61. The Bertz CT molecular complexity index is 1310. The molecular weight excluding hydrogens is 532 g/mol. The number of piperidine rings is 1. The Kier molecular flexibility index (Phi) is 10.5. The van der Waals surface area contributed by atoms with Crippen molar-refractivity contribution in [1.29, 1.82) is 0 Å². The Hall–Kier alpha value is -4.02. The third-order valence-electron chi connectivity index (χ3n) is 7.61. The lowest BCUT2D eigenvalue weighted by Crippen LogP contribution is -2.56. The molecule has 0 saturated carbocycles. The highest BCUT2D eigenvalue weighted by Crippen LogP contribution is 2.27. The lowest BCUT2D eigenvalue weighted by atomic mass is 9.93. The SMILES string of the molecule is CCC1CCN(C(=O)C(c2ccccc2)n2cnc(NC(=O)C(COCc3ccccc3)NC(=O)C(C)(C)N)c2)CC1. The topological polar surface area (TPSA) is 132 Å². The van der Waals surface area contributed by atoms with Gasteiger partial charge in [-0.15, -0.1) is 0 Å². The third kappa shape index (κ3) is 8.27. The lowest BCUT2D eigenvalue weighted by molar-refractivity contribution is -0.135. The van der Waals surface area contributed by atoms with Crippen LogP contribution in [0.2, 0.25) is 0 Å². The number of likely N-dealkylation sites (tertiary alicyclic amines) is 1. The van der Waals surface area contributed by atoms with Crippen LogP contribution in [-0.4, -0.2) is 63.4 Å². The maximum atomic E-state index is 13.8. The number of aromatic nitrogens is 2. The molecule has 0 bridgehead atoms. The van der Waals surface area contributed by atoms with Crippen LogP contribution in [0.25, 0.3) is 0 Å². The van der Waals surface area contributed by atoms with Gasteiger partial charge in [-0.05, 0) is 43.7 Å². The average molecular weight is 575 g/mol. The van der Waals surface area contributed by atoms with Crippen LogP contribution in [0.3, 0.4) is 0 Å². The molecule has 3 aromatic rings. The zero-order valence-corrected chi connectivity index (χ0v) is 24.7. The monoisotopic (exact) mass is 574 g/mol. The number of hydrogen-bond acceptors (Lipinski definition) is 6. The van der Waals surface area contributed by atoms with Crippen LogP contribution in [-0.2, 0) is 25.7 Å². The van der Waals surface area contributed by atoms with Crippen molar-refractivity contribution in [3.05, 3.63) is 84.3 Å². The van der Waals surface area contributed by atoms with E-state index >= 15 is 0 Å². The van der Waals surface area contributed by atoms with Crippen molar-refractivity contribution in [2.45, 2.75) is 64.3 Å². The molecule has 1 fully saturated rings. The summed E-state index contributed by atoms with van der Waals surface area (Å²) in [5.74, 6) is -0.0918. The molecule has 1 aromatic heterocycles. The van der Waals surface area contributed by atoms with Gasteiger partial charge in [0, 0.05) is 19.3 Å². The molecule has 42 heavy (non-hydrogen) atoms. The molecule has 1 saturated heterocycles. The zero-order chi connectivity index (χ0) is 30.1. The van der Waals surface area contributed by atoms with Crippen LogP contribution < -0.4 is 16.4 Å². The summed E-state index contributed by atoms with van der Waals surface area (Å²) < 4.78 is 7.50. The minimum atomic E-state index is -1.19. The molecule has 4 N–H and O–H groups in total. The fraction of sp³-hybridized carbons (Fsp3) is 0.438. The van der Waals surface area contributed by atoms with Crippen molar-refractivity contribution in [3.63, 3.8) is 0 Å². The smallest absolute Gasteiger partial charge is 0.250 e. The van der Waals surface area contributed by atoms with Crippen LogP contribution in [0.1, 0.15) is 57.2 Å². The van der Waals surface area contributed by atoms with Gasteiger partial charge in [0.1, 0.15) is 12.1 Å². The molecule has 0 radical (unpaired) electrons. The second-order valence-corrected chi connectivity index (χ2v) is 11.4. The molecule has 4 rings (SSSR count). The number of nitrogens with one attached hydrogen (secondary N) is 2. The predicted octanol–water partition coefficient (Wildman–Crippen LogP) is 3.50. The van der Waals surface area contributed by atoms with E-state index in [9.17, 15) is 14.4 Å². The van der Waals surface area contributed by atoms with Gasteiger partial charge in [-0.2, -0.15) is 0 Å². The maximum Gasteiger partial charge on any atom is 0.250 e. The first-order chi connectivity index (χ1) is 20.2. The first-order valence-electron chi connectivity index (χ1n) is 14.5. The van der Waals surface area contributed by atoms with Gasteiger partial charge < -0.3 is 30.6 Å². The normalized spacial score (nSPS) is 15.6. The summed E-state index contributed by atoms with van der Waals surface area (Å²) in [5.41, 5.74) is 6.55. The second kappa shape index (κ2) is 14.2. The molecule has 2 unspecified atom stereocenters. The minimum Gasteiger partial charge on any atom is -0.374 e. The fourth-order valence-corrected chi connectivity index (χ4v) is 4.96. The van der Waals surface area contributed by atoms with Crippen LogP contribution >= 0.6 is 0 Å². The van der Waals surface area contributed by atoms with Crippen molar-refractivity contribution in [2.24, 2.45) is 11.7 Å². The molecule has 1 aliphatic heterocycles. The van der Waals surface area contributed by atoms with E-state index in [2.05, 4.69) is 22.5 Å². The van der Waals surface area contributed by atoms with Crippen molar-refractivity contribution >= 4 is 23.5 Å². The molecule has 3 amide bonds. The van der Waals surface area contributed by atoms with E-state index in [0.29, 0.717) is 5.92 Å². The number of imidazole rings is 1. The van der Waals surface area contributed by atoms with E-state index < -0.39 is 29.4 Å². The number of anilines is 1. The highest BCUT2D eigenvalue weighted by molar-refractivity contribution is 5.98. The first-order valence-corrected chi connectivity index (χ1v) is 14.5. The molecule has 2 aromatic carbocycles. The summed E-state index contributed by atoms with van der Waals surface area (Å²) in [5, 5.41) is 5.47. The number of ether oxygens (including phenoxy) is 1. The number of benzene rings is 2. The van der Waals surface area contributed by atoms with E-state index in [4.69, 9.17) is 10.5 Å². The Balaban J connectivity index is 1.49. The van der Waals surface area contributed by atoms with Crippen LogP contribution in [0.15, 0.2) is 73.2 Å². The highest BCUT2D eigenvalue weighted by atomic mass is 16.5. The van der Waals surface area contributed by atoms with Gasteiger partial charge in [-0.3, -0.25) is 14.4 Å². The highest BCUT2D eigenvalue weighted by Gasteiger charge is 2.32. The zero-order valence-electron chi connectivity index (χ0n) is 24.7. The number of rotatable bonds is 12. The Morgan fingerprint density at radius 3 is 2.31 bits per heavy atom. The number of nitrogens with zero attached hydrogens (tertiary/aromatic N) is 3. The Labute approximate surface area is 247 Å². The fourth-order valence-electron chi connectivity index (χ4n) is 4.96. The standard InChI is InChI=1S/C32H42N6O4/c1-4-23-15-17-37(18-16-23)30(40)28(25-13-9-6-10-14-25)38-19-27(34-22-38)36-29(39)26(35-31(41)32(2,3)33)21-42-20-24-11-7-5-8-12-24/h5-14,19,22-23,26,28H,4,15-18,20-21,33H2,1-3H3,(H,35,41)(H,36,39). The van der Waals surface area contributed by atoms with Crippen molar-refractivity contribution < 1.29 is 19.1 Å². The van der Waals surface area contributed by atoms with Gasteiger partial charge in [-0.25, -0.2) is 4.98 Å². The number of carbonyl (C=O) groups is 3. The van der Waals surface area contributed by atoms with Gasteiger partial charge >= 0.3 is 0 Å². The van der Waals surface area contributed by atoms with E-state index in [0.717, 1.165) is 43.5 Å². The molecule has 1 aliphatic rings. The summed E-state index contributed by atoms with van der Waals surface area (Å²) in [6, 6.07) is 17.5. The van der Waals surface area contributed by atoms with Gasteiger partial charge in [0.05, 0.1) is 25.1 Å². The van der Waals surface area contributed by atoms with E-state index in [1.54, 1.807) is 30.9 Å². The summed E-state index contributed by atoms with van der Waals surface area (Å²) in [6.45, 7) is 6.98. The quantitative estimate of drug-likeness (QED) is 0.304. The van der Waals surface area contributed by atoms with Crippen LogP contribution in [0.4, 0.5) is 5.82 Å². The summed E-state index contributed by atoms with van der Waals surface area (Å²) in [7, 11) is 0. The van der Waals surface area contributed by atoms with Crippen LogP contribution in [0, 0.1) is 5.92 Å². The van der Waals surface area contributed by atoms with Gasteiger partial charge in [-0.1, -0.05) is 74.0 Å². The van der Waals surface area contributed by atoms with Crippen molar-refractivity contribution in [1.82, 2.24) is 19.8 Å². The number of hydrogen-bond donors (Lipinski definition) is 3. The van der Waals surface area contributed by atoms with E-state index in [-0.39, 0.29) is 24.9 Å². The molecule has 10 nitrogen and oxygen atoms in total. The molecule has 2 heterocycles. The molecule has 224 valence electrons. The van der Waals surface area contributed by atoms with Crippen molar-refractivity contribution in [3.8, 4) is 0 Å². The summed E-state index contributed by atoms with van der Waals surface area (Å²) >= 11 is 0. The van der Waals surface area contributed by atoms with E-state index in [1.165, 1.54) is 0 Å². The van der Waals surface area contributed by atoms with Gasteiger partial charge in [0.15, 0.2) is 5.82 Å². The Morgan fingerprint density at radius 1 is 1.05 bits per heavy atom. The number of carbonyl (C=O) groups excluding carboxylic acids is 3. The maximum absolute atomic E-state index is 13.8. The molecule has 10 heteroatoms. The molecule has 2 atom stereocenters. The summed E-state index contributed by atoms with van der Waals surface area (Å²) in [6.07, 6.45) is 6.30. The predicted molar refractivity (Wildman–Crippen MR) is 161 cm³/mol. The van der Waals surface area contributed by atoms with Gasteiger partial charge in [0.25, 0.3) is 5.91 Å². The Morgan fingerprint density at radius 2 is 1.69 bits per heavy atom. The molecule has 0 aliphatic carbocycles. The lowest BCUT2D eigenvalue weighted by Gasteiger charge is -2.34. The van der Waals surface area contributed by atoms with Gasteiger partial charge in [0.2, 0.25) is 11.8 Å². The van der Waals surface area contributed by atoms with Crippen LogP contribution in [0.5, 0.6) is 0 Å². The second-order valence-electron chi connectivity index (χ2n) is 11.4. The van der Waals surface area contributed by atoms with Crippen molar-refractivity contribution in [2.75, 3.05) is 25.0 Å². The molecular formula is C32H42N6O4. The number of nitrogens with two attached hydrogens (primary N) is 1.